The van der Waals surface area contributed by atoms with Gasteiger partial charge in [-0.15, -0.1) is 0 Å². The van der Waals surface area contributed by atoms with Crippen molar-refractivity contribution in [2.75, 3.05) is 7.05 Å². The van der Waals surface area contributed by atoms with E-state index >= 15 is 0 Å². The van der Waals surface area contributed by atoms with Crippen molar-refractivity contribution in [2.24, 2.45) is 5.73 Å². The Balaban J connectivity index is 0.00000134. The standard InChI is InChI=1S/C32H34O3S.CH5N.CH2O/c1-20(2)25-11-7-6-10-22(25)18-23-19-26(30(34)31(35)29(23)33)21-14-16-24(17-15-21)36-28-13-9-8-12-27(28)32(3,4)5;2*1-2/h6-17,19-20,33-35H,18H2,1-5H3;2H2,1H3;1H2. The molecule has 0 radical (unpaired) electrons. The van der Waals surface area contributed by atoms with Crippen LogP contribution in [0.3, 0.4) is 0 Å². The Morgan fingerprint density at radius 1 is 0.775 bits per heavy atom. The van der Waals surface area contributed by atoms with Crippen LogP contribution in [0.1, 0.15) is 62.8 Å². The second-order valence-corrected chi connectivity index (χ2v) is 11.6. The summed E-state index contributed by atoms with van der Waals surface area (Å²) < 4.78 is 0. The van der Waals surface area contributed by atoms with Gasteiger partial charge in [-0.2, -0.15) is 0 Å². The first-order valence-corrected chi connectivity index (χ1v) is 14.0. The molecule has 5 N–H and O–H groups in total. The zero-order valence-electron chi connectivity index (χ0n) is 24.2. The lowest BCUT2D eigenvalue weighted by atomic mass is 9.87. The van der Waals surface area contributed by atoms with E-state index in [0.717, 1.165) is 16.0 Å². The first-order valence-electron chi connectivity index (χ1n) is 13.1. The molecule has 0 saturated heterocycles. The minimum atomic E-state index is -0.484. The van der Waals surface area contributed by atoms with Crippen LogP contribution in [0.15, 0.2) is 88.7 Å². The molecule has 0 amide bonds. The van der Waals surface area contributed by atoms with Crippen LogP contribution < -0.4 is 5.73 Å². The maximum atomic E-state index is 10.7. The molecular weight excluding hydrogens is 518 g/mol. The Labute approximate surface area is 242 Å². The van der Waals surface area contributed by atoms with Gasteiger partial charge in [0.15, 0.2) is 11.5 Å². The van der Waals surface area contributed by atoms with Crippen LogP contribution in [0.2, 0.25) is 0 Å². The summed E-state index contributed by atoms with van der Waals surface area (Å²) in [6.45, 7) is 12.9. The summed E-state index contributed by atoms with van der Waals surface area (Å²) in [5.74, 6) is -0.739. The van der Waals surface area contributed by atoms with Gasteiger partial charge in [0, 0.05) is 27.3 Å². The van der Waals surface area contributed by atoms with Crippen LogP contribution in [0.25, 0.3) is 11.1 Å². The van der Waals surface area contributed by atoms with Gasteiger partial charge in [0.1, 0.15) is 6.79 Å². The van der Waals surface area contributed by atoms with Crippen LogP contribution in [0.5, 0.6) is 17.2 Å². The Hall–Kier alpha value is -3.74. The lowest BCUT2D eigenvalue weighted by molar-refractivity contribution is -0.0980. The van der Waals surface area contributed by atoms with Crippen molar-refractivity contribution in [1.29, 1.82) is 0 Å². The molecule has 0 bridgehead atoms. The highest BCUT2D eigenvalue weighted by Gasteiger charge is 2.20. The first-order chi connectivity index (χ1) is 19.1. The van der Waals surface area contributed by atoms with E-state index in [0.29, 0.717) is 23.5 Å². The van der Waals surface area contributed by atoms with Crippen LogP contribution in [0.4, 0.5) is 0 Å². The topological polar surface area (TPSA) is 104 Å². The molecule has 0 aliphatic heterocycles. The lowest BCUT2D eigenvalue weighted by Crippen LogP contribution is -2.12. The fourth-order valence-electron chi connectivity index (χ4n) is 4.53. The molecule has 0 fully saturated rings. The van der Waals surface area contributed by atoms with Gasteiger partial charge in [0.2, 0.25) is 5.75 Å². The number of phenolic OH excluding ortho intramolecular Hbond substituents is 3. The van der Waals surface area contributed by atoms with E-state index in [-0.39, 0.29) is 16.9 Å². The first kappa shape index (κ1) is 32.5. The van der Waals surface area contributed by atoms with E-state index in [1.165, 1.54) is 23.1 Å². The van der Waals surface area contributed by atoms with Gasteiger partial charge in [0.05, 0.1) is 0 Å². The van der Waals surface area contributed by atoms with Crippen molar-refractivity contribution in [3.8, 4) is 28.4 Å². The smallest absolute Gasteiger partial charge is 0.201 e. The average Bonchev–Trinajstić information content (AvgIpc) is 2.96. The Morgan fingerprint density at radius 2 is 1.35 bits per heavy atom. The average molecular weight is 560 g/mol. The summed E-state index contributed by atoms with van der Waals surface area (Å²) in [4.78, 5) is 10.3. The largest absolute Gasteiger partial charge is 0.504 e. The molecule has 5 nitrogen and oxygen atoms in total. The molecule has 212 valence electrons. The van der Waals surface area contributed by atoms with Crippen molar-refractivity contribution in [2.45, 2.75) is 62.2 Å². The van der Waals surface area contributed by atoms with Crippen LogP contribution in [0, 0.1) is 0 Å². The quantitative estimate of drug-likeness (QED) is 0.178. The van der Waals surface area contributed by atoms with Gasteiger partial charge in [-0.3, -0.25) is 0 Å². The minimum Gasteiger partial charge on any atom is -0.504 e. The predicted octanol–water partition coefficient (Wildman–Crippen LogP) is 8.02. The SMILES string of the molecule is C=O.CC(C)c1ccccc1Cc1cc(-c2ccc(Sc3ccccc3C(C)(C)C)cc2)c(O)c(O)c1O.CN. The van der Waals surface area contributed by atoms with Gasteiger partial charge < -0.3 is 25.8 Å². The maximum Gasteiger partial charge on any atom is 0.201 e. The summed E-state index contributed by atoms with van der Waals surface area (Å²) in [7, 11) is 1.50. The van der Waals surface area contributed by atoms with Gasteiger partial charge in [0.25, 0.3) is 0 Å². The predicted molar refractivity (Wildman–Crippen MR) is 167 cm³/mol. The zero-order chi connectivity index (χ0) is 30.0. The highest BCUT2D eigenvalue weighted by Crippen LogP contribution is 2.46. The summed E-state index contributed by atoms with van der Waals surface area (Å²) in [6.07, 6.45) is 0.457. The summed E-state index contributed by atoms with van der Waals surface area (Å²) in [5, 5.41) is 31.8. The molecule has 0 saturated carbocycles. The third-order valence-corrected chi connectivity index (χ3v) is 7.56. The molecule has 0 unspecified atom stereocenters. The van der Waals surface area contributed by atoms with Gasteiger partial charge in [-0.1, -0.05) is 101 Å². The molecule has 4 rings (SSSR count). The minimum absolute atomic E-state index is 0.0451. The second kappa shape index (κ2) is 14.6. The number of aromatic hydroxyl groups is 3. The fraction of sp³-hybridized carbons (Fsp3) is 0.265. The van der Waals surface area contributed by atoms with Crippen molar-refractivity contribution in [3.63, 3.8) is 0 Å². The lowest BCUT2D eigenvalue weighted by Gasteiger charge is -2.22. The normalized spacial score (nSPS) is 10.8. The molecule has 0 heterocycles. The van der Waals surface area contributed by atoms with E-state index in [9.17, 15) is 15.3 Å². The van der Waals surface area contributed by atoms with E-state index < -0.39 is 5.75 Å². The summed E-state index contributed by atoms with van der Waals surface area (Å²) in [6, 6.07) is 26.3. The number of carbonyl (C=O) groups excluding carboxylic acids is 1. The van der Waals surface area contributed by atoms with Gasteiger partial charge in [-0.05, 0) is 64.9 Å². The van der Waals surface area contributed by atoms with E-state index in [2.05, 4.69) is 70.7 Å². The molecule has 6 heteroatoms. The second-order valence-electron chi connectivity index (χ2n) is 10.5. The number of carbonyl (C=O) groups is 1. The number of phenols is 3. The number of hydrogen-bond donors (Lipinski definition) is 4. The van der Waals surface area contributed by atoms with Crippen molar-refractivity contribution >= 4 is 18.6 Å². The number of nitrogens with two attached hydrogens (primary N) is 1. The Kier molecular flexibility index (Phi) is 11.8. The number of rotatable bonds is 6. The van der Waals surface area contributed by atoms with Crippen LogP contribution in [-0.2, 0) is 16.6 Å². The van der Waals surface area contributed by atoms with Gasteiger partial charge in [-0.25, -0.2) is 0 Å². The summed E-state index contributed by atoms with van der Waals surface area (Å²) in [5.41, 5.74) is 9.97. The molecule has 0 spiro atoms. The molecule has 0 aliphatic carbocycles. The molecule has 4 aromatic rings. The maximum absolute atomic E-state index is 10.7. The van der Waals surface area contributed by atoms with Gasteiger partial charge >= 0.3 is 0 Å². The molecular formula is C34H41NO4S. The highest BCUT2D eigenvalue weighted by molar-refractivity contribution is 7.99. The molecule has 0 aliphatic rings. The zero-order valence-corrected chi connectivity index (χ0v) is 25.0. The number of hydrogen-bond acceptors (Lipinski definition) is 6. The highest BCUT2D eigenvalue weighted by atomic mass is 32.2. The third-order valence-electron chi connectivity index (χ3n) is 6.47. The van der Waals surface area contributed by atoms with Crippen LogP contribution in [-0.4, -0.2) is 29.2 Å². The number of benzene rings is 4. The fourth-order valence-corrected chi connectivity index (χ4v) is 5.68. The van der Waals surface area contributed by atoms with Crippen molar-refractivity contribution < 1.29 is 20.1 Å². The molecule has 40 heavy (non-hydrogen) atoms. The molecule has 0 aromatic heterocycles. The molecule has 0 atom stereocenters. The van der Waals surface area contributed by atoms with E-state index in [4.69, 9.17) is 4.79 Å². The van der Waals surface area contributed by atoms with E-state index in [1.807, 2.05) is 49.3 Å². The van der Waals surface area contributed by atoms with Crippen molar-refractivity contribution in [3.05, 3.63) is 101 Å². The monoisotopic (exact) mass is 559 g/mol. The van der Waals surface area contributed by atoms with Crippen LogP contribution >= 0.6 is 11.8 Å². The third kappa shape index (κ3) is 7.68. The van der Waals surface area contributed by atoms with Crippen molar-refractivity contribution in [1.82, 2.24) is 0 Å². The van der Waals surface area contributed by atoms with E-state index in [1.54, 1.807) is 17.8 Å². The summed E-state index contributed by atoms with van der Waals surface area (Å²) >= 11 is 1.71. The molecule has 4 aromatic carbocycles. The Bertz CT molecular complexity index is 1390. The Morgan fingerprint density at radius 3 is 1.95 bits per heavy atom.